The number of hydrogen-bond donors (Lipinski definition) is 0. The third-order valence-electron chi connectivity index (χ3n) is 2.95. The van der Waals surface area contributed by atoms with Crippen LogP contribution in [0, 0.1) is 17.5 Å². The molecule has 0 amide bonds. The minimum Gasteiger partial charge on any atom is -0.293 e. The zero-order chi connectivity index (χ0) is 14.0. The molecule has 1 nitrogen and oxygen atoms in total. The molecule has 1 unspecified atom stereocenters. The van der Waals surface area contributed by atoms with Gasteiger partial charge in [-0.15, -0.1) is 0 Å². The minimum atomic E-state index is -1.18. The van der Waals surface area contributed by atoms with Gasteiger partial charge >= 0.3 is 0 Å². The number of hydrogen-bond acceptors (Lipinski definition) is 1. The third-order valence-corrected chi connectivity index (χ3v) is 2.95. The Morgan fingerprint density at radius 3 is 2.05 bits per heavy atom. The van der Waals surface area contributed by atoms with E-state index >= 15 is 0 Å². The Morgan fingerprint density at radius 1 is 1.00 bits per heavy atom. The van der Waals surface area contributed by atoms with Gasteiger partial charge in [0.15, 0.2) is 5.78 Å². The first-order chi connectivity index (χ1) is 9.00. The molecule has 0 aromatic heterocycles. The highest BCUT2D eigenvalue weighted by Crippen LogP contribution is 2.24. The second kappa shape index (κ2) is 5.26. The molecule has 4 heteroatoms. The van der Waals surface area contributed by atoms with Gasteiger partial charge in [-0.25, -0.2) is 13.2 Å². The van der Waals surface area contributed by atoms with Crippen LogP contribution in [0.5, 0.6) is 0 Å². The molecule has 2 aromatic rings. The van der Waals surface area contributed by atoms with Crippen LogP contribution in [-0.4, -0.2) is 5.78 Å². The summed E-state index contributed by atoms with van der Waals surface area (Å²) in [7, 11) is 0. The number of Topliss-reactive ketones (excluding diaryl/α,β-unsaturated/α-hetero) is 1. The van der Waals surface area contributed by atoms with Gasteiger partial charge < -0.3 is 0 Å². The Kier molecular flexibility index (Phi) is 3.69. The Bertz CT molecular complexity index is 585. The highest BCUT2D eigenvalue weighted by atomic mass is 19.1. The molecule has 2 rings (SSSR count). The predicted octanol–water partition coefficient (Wildman–Crippen LogP) is 4.09. The molecule has 0 radical (unpaired) electrons. The summed E-state index contributed by atoms with van der Waals surface area (Å²) in [6, 6.07) is 9.65. The van der Waals surface area contributed by atoms with Gasteiger partial charge in [-0.3, -0.25) is 4.79 Å². The molecule has 0 aliphatic carbocycles. The predicted molar refractivity (Wildman–Crippen MR) is 65.5 cm³/mol. The van der Waals surface area contributed by atoms with E-state index in [0.29, 0.717) is 17.7 Å². The zero-order valence-corrected chi connectivity index (χ0v) is 10.2. The molecule has 0 fully saturated rings. The molecular weight excluding hydrogens is 253 g/mol. The van der Waals surface area contributed by atoms with E-state index in [-0.39, 0.29) is 0 Å². The van der Waals surface area contributed by atoms with E-state index in [4.69, 9.17) is 0 Å². The molecule has 0 saturated heterocycles. The average molecular weight is 264 g/mol. The summed E-state index contributed by atoms with van der Waals surface area (Å²) in [4.78, 5) is 12.1. The largest absolute Gasteiger partial charge is 0.293 e. The van der Waals surface area contributed by atoms with Crippen molar-refractivity contribution in [2.24, 2.45) is 0 Å². The van der Waals surface area contributed by atoms with Crippen LogP contribution in [0.1, 0.15) is 28.8 Å². The van der Waals surface area contributed by atoms with Crippen molar-refractivity contribution in [2.45, 2.75) is 12.8 Å². The Balaban J connectivity index is 2.40. The van der Waals surface area contributed by atoms with Gasteiger partial charge in [-0.2, -0.15) is 0 Å². The number of benzene rings is 2. The Morgan fingerprint density at radius 2 is 1.53 bits per heavy atom. The van der Waals surface area contributed by atoms with E-state index in [1.54, 1.807) is 37.3 Å². The number of carbonyl (C=O) groups is 1. The van der Waals surface area contributed by atoms with Crippen molar-refractivity contribution in [2.75, 3.05) is 0 Å². The van der Waals surface area contributed by atoms with Crippen molar-refractivity contribution in [1.82, 2.24) is 0 Å². The molecule has 0 heterocycles. The molecule has 1 atom stereocenters. The molecule has 98 valence electrons. The van der Waals surface area contributed by atoms with Gasteiger partial charge in [-0.05, 0) is 5.56 Å². The van der Waals surface area contributed by atoms with Gasteiger partial charge in [-0.1, -0.05) is 37.3 Å². The highest BCUT2D eigenvalue weighted by Gasteiger charge is 2.24. The van der Waals surface area contributed by atoms with Crippen molar-refractivity contribution in [3.05, 3.63) is 71.0 Å². The highest BCUT2D eigenvalue weighted by molar-refractivity contribution is 6.01. The summed E-state index contributed by atoms with van der Waals surface area (Å²) in [5.41, 5.74) is -0.0478. The van der Waals surface area contributed by atoms with Crippen LogP contribution >= 0.6 is 0 Å². The lowest BCUT2D eigenvalue weighted by molar-refractivity contribution is 0.0957. The summed E-state index contributed by atoms with van der Waals surface area (Å²) < 4.78 is 39.9. The Hall–Kier alpha value is -2.10. The van der Waals surface area contributed by atoms with Gasteiger partial charge in [0.2, 0.25) is 0 Å². The number of carbonyl (C=O) groups excluding carboxylic acids is 1. The van der Waals surface area contributed by atoms with Crippen LogP contribution in [0.3, 0.4) is 0 Å². The first-order valence-electron chi connectivity index (χ1n) is 5.74. The smallest absolute Gasteiger partial charge is 0.175 e. The minimum absolute atomic E-state index is 0.508. The lowest BCUT2D eigenvalue weighted by Crippen LogP contribution is -2.14. The van der Waals surface area contributed by atoms with Crippen molar-refractivity contribution in [1.29, 1.82) is 0 Å². The van der Waals surface area contributed by atoms with Gasteiger partial charge in [0.25, 0.3) is 0 Å². The van der Waals surface area contributed by atoms with Gasteiger partial charge in [0.05, 0.1) is 5.56 Å². The van der Waals surface area contributed by atoms with E-state index in [0.717, 1.165) is 0 Å². The normalized spacial score (nSPS) is 12.2. The van der Waals surface area contributed by atoms with Crippen LogP contribution < -0.4 is 0 Å². The van der Waals surface area contributed by atoms with E-state index in [1.807, 2.05) is 0 Å². The lowest BCUT2D eigenvalue weighted by Gasteiger charge is -2.12. The molecule has 19 heavy (non-hydrogen) atoms. The topological polar surface area (TPSA) is 17.1 Å². The van der Waals surface area contributed by atoms with Crippen molar-refractivity contribution >= 4 is 5.78 Å². The third kappa shape index (κ3) is 2.67. The van der Waals surface area contributed by atoms with Crippen LogP contribution in [0.2, 0.25) is 0 Å². The maximum absolute atomic E-state index is 13.5. The maximum Gasteiger partial charge on any atom is 0.175 e. The molecule has 0 aliphatic rings. The summed E-state index contributed by atoms with van der Waals surface area (Å²) in [6.07, 6.45) is 0. The van der Waals surface area contributed by atoms with Crippen LogP contribution in [0.25, 0.3) is 0 Å². The molecule has 0 saturated carbocycles. The summed E-state index contributed by atoms with van der Waals surface area (Å²) in [5.74, 6) is -4.80. The SMILES string of the molecule is CC(C(=O)c1c(F)cc(F)cc1F)c1ccccc1. The molecule has 0 bridgehead atoms. The summed E-state index contributed by atoms with van der Waals surface area (Å²) >= 11 is 0. The van der Waals surface area contributed by atoms with Crippen molar-refractivity contribution in [3.8, 4) is 0 Å². The Labute approximate surface area is 108 Å². The van der Waals surface area contributed by atoms with Crippen molar-refractivity contribution < 1.29 is 18.0 Å². The fourth-order valence-electron chi connectivity index (χ4n) is 1.89. The van der Waals surface area contributed by atoms with E-state index < -0.39 is 34.7 Å². The standard InChI is InChI=1S/C15H11F3O/c1-9(10-5-3-2-4-6-10)15(19)14-12(17)7-11(16)8-13(14)18/h2-9H,1H3. The fraction of sp³-hybridized carbons (Fsp3) is 0.133. The second-order valence-corrected chi connectivity index (χ2v) is 4.24. The maximum atomic E-state index is 13.5. The van der Waals surface area contributed by atoms with E-state index in [2.05, 4.69) is 0 Å². The van der Waals surface area contributed by atoms with Crippen LogP contribution in [-0.2, 0) is 0 Å². The molecule has 0 aliphatic heterocycles. The number of ketones is 1. The van der Waals surface area contributed by atoms with E-state index in [9.17, 15) is 18.0 Å². The first kappa shape index (κ1) is 13.3. The summed E-state index contributed by atoms with van der Waals surface area (Å²) in [6.45, 7) is 1.56. The quantitative estimate of drug-likeness (QED) is 0.763. The zero-order valence-electron chi connectivity index (χ0n) is 10.2. The second-order valence-electron chi connectivity index (χ2n) is 4.24. The van der Waals surface area contributed by atoms with Crippen molar-refractivity contribution in [3.63, 3.8) is 0 Å². The molecule has 0 N–H and O–H groups in total. The monoisotopic (exact) mass is 264 g/mol. The van der Waals surface area contributed by atoms with E-state index in [1.165, 1.54) is 0 Å². The van der Waals surface area contributed by atoms with Gasteiger partial charge in [0.1, 0.15) is 17.5 Å². The number of rotatable bonds is 3. The average Bonchev–Trinajstić information content (AvgIpc) is 2.37. The fourth-order valence-corrected chi connectivity index (χ4v) is 1.89. The van der Waals surface area contributed by atoms with Crippen LogP contribution in [0.15, 0.2) is 42.5 Å². The molecule has 0 spiro atoms. The van der Waals surface area contributed by atoms with Crippen LogP contribution in [0.4, 0.5) is 13.2 Å². The lowest BCUT2D eigenvalue weighted by atomic mass is 9.92. The van der Waals surface area contributed by atoms with Gasteiger partial charge in [0, 0.05) is 18.1 Å². The molecular formula is C15H11F3O. The summed E-state index contributed by atoms with van der Waals surface area (Å²) in [5, 5.41) is 0. The first-order valence-corrected chi connectivity index (χ1v) is 5.74. The number of halogens is 3. The molecule has 2 aromatic carbocycles.